The highest BCUT2D eigenvalue weighted by Gasteiger charge is 2.13. The number of aromatic nitrogens is 1. The van der Waals surface area contributed by atoms with Gasteiger partial charge in [0, 0.05) is 24.1 Å². The quantitative estimate of drug-likeness (QED) is 0.442. The van der Waals surface area contributed by atoms with E-state index in [1.165, 1.54) is 23.5 Å². The molecule has 0 radical (unpaired) electrons. The molecule has 0 bridgehead atoms. The SMILES string of the molecule is CC(C)CCNc1nc(C(=O)OCc2ccc([N+](=O)[O-])cc2)cs1. The molecule has 1 N–H and O–H groups in total. The Labute approximate surface area is 143 Å². The van der Waals surface area contributed by atoms with Crippen molar-refractivity contribution in [3.05, 3.63) is 51.0 Å². The van der Waals surface area contributed by atoms with Gasteiger partial charge in [0.05, 0.1) is 4.92 Å². The van der Waals surface area contributed by atoms with Gasteiger partial charge in [0.25, 0.3) is 5.69 Å². The Hall–Kier alpha value is -2.48. The molecular formula is C16H19N3O4S. The van der Waals surface area contributed by atoms with E-state index in [2.05, 4.69) is 24.1 Å². The fourth-order valence-corrected chi connectivity index (χ4v) is 2.56. The first-order valence-electron chi connectivity index (χ1n) is 7.55. The molecule has 0 atom stereocenters. The third-order valence-corrected chi connectivity index (χ3v) is 4.03. The maximum atomic E-state index is 12.0. The van der Waals surface area contributed by atoms with Crippen LogP contribution in [-0.2, 0) is 11.3 Å². The lowest BCUT2D eigenvalue weighted by molar-refractivity contribution is -0.384. The summed E-state index contributed by atoms with van der Waals surface area (Å²) in [7, 11) is 0. The molecular weight excluding hydrogens is 330 g/mol. The molecule has 0 unspecified atom stereocenters. The van der Waals surface area contributed by atoms with Crippen LogP contribution in [0.4, 0.5) is 10.8 Å². The molecule has 0 amide bonds. The number of non-ortho nitro benzene ring substituents is 1. The van der Waals surface area contributed by atoms with Gasteiger partial charge in [0.15, 0.2) is 10.8 Å². The molecule has 2 rings (SSSR count). The second-order valence-electron chi connectivity index (χ2n) is 5.65. The zero-order valence-corrected chi connectivity index (χ0v) is 14.3. The predicted octanol–water partition coefficient (Wildman–Crippen LogP) is 3.87. The van der Waals surface area contributed by atoms with Crippen LogP contribution in [0.15, 0.2) is 29.6 Å². The first-order valence-corrected chi connectivity index (χ1v) is 8.43. The van der Waals surface area contributed by atoms with Gasteiger partial charge < -0.3 is 10.1 Å². The van der Waals surface area contributed by atoms with E-state index in [9.17, 15) is 14.9 Å². The topological polar surface area (TPSA) is 94.4 Å². The minimum absolute atomic E-state index is 0.00157. The van der Waals surface area contributed by atoms with E-state index in [4.69, 9.17) is 4.74 Å². The van der Waals surface area contributed by atoms with Gasteiger partial charge in [0.1, 0.15) is 6.61 Å². The summed E-state index contributed by atoms with van der Waals surface area (Å²) in [4.78, 5) is 26.3. The second-order valence-corrected chi connectivity index (χ2v) is 6.50. The van der Waals surface area contributed by atoms with Crippen molar-refractivity contribution in [2.24, 2.45) is 5.92 Å². The molecule has 7 nitrogen and oxygen atoms in total. The summed E-state index contributed by atoms with van der Waals surface area (Å²) in [6.45, 7) is 5.14. The Morgan fingerprint density at radius 2 is 2.08 bits per heavy atom. The van der Waals surface area contributed by atoms with E-state index in [0.717, 1.165) is 13.0 Å². The van der Waals surface area contributed by atoms with Crippen molar-refractivity contribution in [1.82, 2.24) is 4.98 Å². The summed E-state index contributed by atoms with van der Waals surface area (Å²) in [5, 5.41) is 16.1. The van der Waals surface area contributed by atoms with E-state index in [1.54, 1.807) is 17.5 Å². The normalized spacial score (nSPS) is 10.6. The van der Waals surface area contributed by atoms with Gasteiger partial charge in [-0.2, -0.15) is 0 Å². The van der Waals surface area contributed by atoms with E-state index in [-0.39, 0.29) is 18.0 Å². The largest absolute Gasteiger partial charge is 0.456 e. The smallest absolute Gasteiger partial charge is 0.358 e. The van der Waals surface area contributed by atoms with Crippen molar-refractivity contribution >= 4 is 28.1 Å². The van der Waals surface area contributed by atoms with Crippen molar-refractivity contribution in [3.63, 3.8) is 0 Å². The Bertz CT molecular complexity index is 698. The highest BCUT2D eigenvalue weighted by atomic mass is 32.1. The van der Waals surface area contributed by atoms with Crippen LogP contribution in [0.5, 0.6) is 0 Å². The van der Waals surface area contributed by atoms with E-state index in [0.29, 0.717) is 16.6 Å². The van der Waals surface area contributed by atoms with Crippen LogP contribution in [0.3, 0.4) is 0 Å². The van der Waals surface area contributed by atoms with Crippen LogP contribution in [0.2, 0.25) is 0 Å². The Morgan fingerprint density at radius 3 is 2.71 bits per heavy atom. The van der Waals surface area contributed by atoms with Crippen molar-refractivity contribution in [2.45, 2.75) is 26.9 Å². The Balaban J connectivity index is 1.84. The molecule has 0 fully saturated rings. The summed E-state index contributed by atoms with van der Waals surface area (Å²) < 4.78 is 5.18. The molecule has 0 saturated heterocycles. The maximum absolute atomic E-state index is 12.0. The summed E-state index contributed by atoms with van der Waals surface area (Å²) in [6, 6.07) is 5.88. The number of carbonyl (C=O) groups is 1. The average Bonchev–Trinajstić information content (AvgIpc) is 3.01. The average molecular weight is 349 g/mol. The van der Waals surface area contributed by atoms with E-state index in [1.807, 2.05) is 0 Å². The third kappa shape index (κ3) is 5.31. The molecule has 0 aliphatic carbocycles. The zero-order chi connectivity index (χ0) is 17.5. The Kier molecular flexibility index (Phi) is 6.25. The van der Waals surface area contributed by atoms with Gasteiger partial charge in [-0.15, -0.1) is 11.3 Å². The van der Waals surface area contributed by atoms with Gasteiger partial charge in [-0.1, -0.05) is 13.8 Å². The lowest BCUT2D eigenvalue weighted by Gasteiger charge is -2.05. The lowest BCUT2D eigenvalue weighted by Crippen LogP contribution is -2.07. The summed E-state index contributed by atoms with van der Waals surface area (Å²) in [5.74, 6) is 0.0881. The molecule has 1 heterocycles. The number of nitro benzene ring substituents is 1. The van der Waals surface area contributed by atoms with Crippen molar-refractivity contribution < 1.29 is 14.5 Å². The number of anilines is 1. The predicted molar refractivity (Wildman–Crippen MR) is 92.3 cm³/mol. The number of nitrogens with one attached hydrogen (secondary N) is 1. The molecule has 0 saturated carbocycles. The second kappa shape index (κ2) is 8.39. The number of hydrogen-bond donors (Lipinski definition) is 1. The molecule has 0 aliphatic rings. The van der Waals surface area contributed by atoms with Crippen LogP contribution in [0.1, 0.15) is 36.3 Å². The minimum atomic E-state index is -0.512. The van der Waals surface area contributed by atoms with Crippen LogP contribution in [-0.4, -0.2) is 22.4 Å². The molecule has 128 valence electrons. The van der Waals surface area contributed by atoms with Gasteiger partial charge in [-0.25, -0.2) is 9.78 Å². The third-order valence-electron chi connectivity index (χ3n) is 3.23. The highest BCUT2D eigenvalue weighted by molar-refractivity contribution is 7.13. The van der Waals surface area contributed by atoms with Crippen molar-refractivity contribution in [2.75, 3.05) is 11.9 Å². The van der Waals surface area contributed by atoms with Crippen LogP contribution in [0, 0.1) is 16.0 Å². The van der Waals surface area contributed by atoms with E-state index >= 15 is 0 Å². The van der Waals surface area contributed by atoms with Crippen LogP contribution in [0.25, 0.3) is 0 Å². The van der Waals surface area contributed by atoms with Gasteiger partial charge >= 0.3 is 5.97 Å². The molecule has 1 aromatic heterocycles. The number of nitrogens with zero attached hydrogens (tertiary/aromatic N) is 2. The van der Waals surface area contributed by atoms with Gasteiger partial charge in [-0.3, -0.25) is 10.1 Å². The fourth-order valence-electron chi connectivity index (χ4n) is 1.85. The molecule has 2 aromatic rings. The van der Waals surface area contributed by atoms with Crippen LogP contribution < -0.4 is 5.32 Å². The number of rotatable bonds is 8. The standard InChI is InChI=1S/C16H19N3O4S/c1-11(2)7-8-17-16-18-14(10-24-16)15(20)23-9-12-3-5-13(6-4-12)19(21)22/h3-6,10-11H,7-9H2,1-2H3,(H,17,18). The number of nitro groups is 1. The number of thiazole rings is 1. The zero-order valence-electron chi connectivity index (χ0n) is 13.5. The van der Waals surface area contributed by atoms with Crippen LogP contribution >= 0.6 is 11.3 Å². The van der Waals surface area contributed by atoms with Gasteiger partial charge in [-0.05, 0) is 30.0 Å². The minimum Gasteiger partial charge on any atom is -0.456 e. The number of carbonyl (C=O) groups excluding carboxylic acids is 1. The van der Waals surface area contributed by atoms with Gasteiger partial charge in [0.2, 0.25) is 0 Å². The van der Waals surface area contributed by atoms with E-state index < -0.39 is 10.9 Å². The summed E-state index contributed by atoms with van der Waals surface area (Å²) >= 11 is 1.36. The van der Waals surface area contributed by atoms with Crippen molar-refractivity contribution in [1.29, 1.82) is 0 Å². The summed E-state index contributed by atoms with van der Waals surface area (Å²) in [5.41, 5.74) is 0.940. The molecule has 0 spiro atoms. The first kappa shape index (κ1) is 17.9. The monoisotopic (exact) mass is 349 g/mol. The Morgan fingerprint density at radius 1 is 1.38 bits per heavy atom. The number of hydrogen-bond acceptors (Lipinski definition) is 7. The molecule has 0 aliphatic heterocycles. The fraction of sp³-hybridized carbons (Fsp3) is 0.375. The molecule has 8 heteroatoms. The van der Waals surface area contributed by atoms with Crippen molar-refractivity contribution in [3.8, 4) is 0 Å². The highest BCUT2D eigenvalue weighted by Crippen LogP contribution is 2.18. The number of esters is 1. The molecule has 1 aromatic carbocycles. The lowest BCUT2D eigenvalue weighted by atomic mass is 10.1. The number of benzene rings is 1. The molecule has 24 heavy (non-hydrogen) atoms. The first-order chi connectivity index (χ1) is 11.5. The summed E-state index contributed by atoms with van der Waals surface area (Å²) in [6.07, 6.45) is 1.03. The maximum Gasteiger partial charge on any atom is 0.358 e. The number of ether oxygens (including phenoxy) is 1.